The van der Waals surface area contributed by atoms with E-state index in [2.05, 4.69) is 15.5 Å². The van der Waals surface area contributed by atoms with Gasteiger partial charge >= 0.3 is 11.9 Å². The third kappa shape index (κ3) is 7.94. The van der Waals surface area contributed by atoms with Gasteiger partial charge in [-0.2, -0.15) is 0 Å². The third-order valence-electron chi connectivity index (χ3n) is 2.59. The van der Waals surface area contributed by atoms with Gasteiger partial charge in [-0.15, -0.1) is 10.2 Å². The van der Waals surface area contributed by atoms with Crippen LogP contribution in [-0.2, 0) is 16.6 Å². The van der Waals surface area contributed by atoms with Crippen LogP contribution in [0, 0.1) is 0 Å². The van der Waals surface area contributed by atoms with Crippen molar-refractivity contribution in [3.05, 3.63) is 12.2 Å². The van der Waals surface area contributed by atoms with E-state index in [1.807, 2.05) is 11.6 Å². The number of aliphatic carboxylic acids is 2. The standard InChI is InChI=1S/C8H14N4.C2H2O4.3H2O/c1-12-6-10-11-8(12)7-3-2-4-9-5-7;3-1(4)2(5)6;;;/h6-7,9H,2-5H2,1H3;(H,3,4)(H,5,6);3*1H2. The van der Waals surface area contributed by atoms with E-state index in [1.165, 1.54) is 12.8 Å². The lowest BCUT2D eigenvalue weighted by molar-refractivity contribution is -0.159. The largest absolute Gasteiger partial charge is 0.473 e. The molecule has 1 aliphatic heterocycles. The molecular formula is C10H22N4O7. The zero-order valence-electron chi connectivity index (χ0n) is 11.5. The van der Waals surface area contributed by atoms with E-state index in [1.54, 1.807) is 6.33 Å². The van der Waals surface area contributed by atoms with Gasteiger partial charge in [0.05, 0.1) is 0 Å². The summed E-state index contributed by atoms with van der Waals surface area (Å²) >= 11 is 0. The van der Waals surface area contributed by atoms with Gasteiger partial charge in [-0.1, -0.05) is 0 Å². The fourth-order valence-electron chi connectivity index (χ4n) is 1.73. The van der Waals surface area contributed by atoms with Crippen LogP contribution in [0.4, 0.5) is 0 Å². The predicted octanol–water partition coefficient (Wildman–Crippen LogP) is -3.04. The predicted molar refractivity (Wildman–Crippen MR) is 72.0 cm³/mol. The molecule has 1 aromatic heterocycles. The van der Waals surface area contributed by atoms with E-state index >= 15 is 0 Å². The molecule has 0 amide bonds. The number of hydrogen-bond acceptors (Lipinski definition) is 5. The summed E-state index contributed by atoms with van der Waals surface area (Å²) < 4.78 is 2.01. The van der Waals surface area contributed by atoms with Crippen molar-refractivity contribution in [3.63, 3.8) is 0 Å². The maximum absolute atomic E-state index is 9.10. The van der Waals surface area contributed by atoms with E-state index in [4.69, 9.17) is 19.8 Å². The lowest BCUT2D eigenvalue weighted by Gasteiger charge is -2.21. The van der Waals surface area contributed by atoms with Gasteiger partial charge in [0, 0.05) is 19.5 Å². The van der Waals surface area contributed by atoms with Crippen LogP contribution in [0.2, 0.25) is 0 Å². The number of aromatic nitrogens is 3. The van der Waals surface area contributed by atoms with Crippen molar-refractivity contribution < 1.29 is 36.2 Å². The molecule has 1 fully saturated rings. The molecule has 1 aromatic rings. The van der Waals surface area contributed by atoms with Gasteiger partial charge in [0.1, 0.15) is 12.2 Å². The first-order valence-corrected chi connectivity index (χ1v) is 5.53. The molecule has 1 atom stereocenters. The Kier molecular flexibility index (Phi) is 13.4. The fourth-order valence-corrected chi connectivity index (χ4v) is 1.73. The summed E-state index contributed by atoms with van der Waals surface area (Å²) in [5, 5.41) is 26.1. The van der Waals surface area contributed by atoms with Crippen molar-refractivity contribution >= 4 is 11.9 Å². The SMILES string of the molecule is Cn1cnnc1C1CCCNC1.O.O.O.O=C(O)C(=O)O. The van der Waals surface area contributed by atoms with E-state index < -0.39 is 11.9 Å². The summed E-state index contributed by atoms with van der Waals surface area (Å²) in [6.45, 7) is 2.20. The Morgan fingerprint density at radius 3 is 2.19 bits per heavy atom. The van der Waals surface area contributed by atoms with Gasteiger partial charge in [-0.3, -0.25) is 0 Å². The molecule has 1 aliphatic rings. The molecule has 1 unspecified atom stereocenters. The van der Waals surface area contributed by atoms with Gasteiger partial charge in [-0.05, 0) is 19.4 Å². The lowest BCUT2D eigenvalue weighted by atomic mass is 9.99. The molecule has 0 bridgehead atoms. The number of hydrogen-bond donors (Lipinski definition) is 3. The van der Waals surface area contributed by atoms with Crippen LogP contribution >= 0.6 is 0 Å². The van der Waals surface area contributed by atoms with E-state index in [9.17, 15) is 0 Å². The quantitative estimate of drug-likeness (QED) is 0.455. The zero-order valence-corrected chi connectivity index (χ0v) is 11.5. The Bertz CT molecular complexity index is 405. The number of carboxylic acids is 2. The summed E-state index contributed by atoms with van der Waals surface area (Å²) in [6.07, 6.45) is 4.25. The number of nitrogens with one attached hydrogen (secondary N) is 1. The average molecular weight is 310 g/mol. The molecule has 11 nitrogen and oxygen atoms in total. The van der Waals surface area contributed by atoms with Crippen molar-refractivity contribution in [2.75, 3.05) is 13.1 Å². The molecule has 0 aromatic carbocycles. The van der Waals surface area contributed by atoms with E-state index in [0.29, 0.717) is 5.92 Å². The van der Waals surface area contributed by atoms with Crippen molar-refractivity contribution in [3.8, 4) is 0 Å². The highest BCUT2D eigenvalue weighted by Gasteiger charge is 2.18. The highest BCUT2D eigenvalue weighted by atomic mass is 16.4. The van der Waals surface area contributed by atoms with Crippen LogP contribution in [0.5, 0.6) is 0 Å². The molecule has 11 heteroatoms. The van der Waals surface area contributed by atoms with Gasteiger partial charge in [0.2, 0.25) is 0 Å². The average Bonchev–Trinajstić information content (AvgIpc) is 2.77. The summed E-state index contributed by atoms with van der Waals surface area (Å²) in [5.74, 6) is -1.97. The van der Waals surface area contributed by atoms with Crippen LogP contribution in [0.1, 0.15) is 24.6 Å². The molecule has 0 aliphatic carbocycles. The summed E-state index contributed by atoms with van der Waals surface area (Å²) in [5.41, 5.74) is 0. The van der Waals surface area contributed by atoms with Crippen molar-refractivity contribution in [2.24, 2.45) is 7.05 Å². The van der Waals surface area contributed by atoms with Gasteiger partial charge in [0.25, 0.3) is 0 Å². The second-order valence-corrected chi connectivity index (χ2v) is 3.95. The van der Waals surface area contributed by atoms with Crippen LogP contribution in [-0.4, -0.2) is 66.4 Å². The smallest absolute Gasteiger partial charge is 0.414 e. The Morgan fingerprint density at radius 2 is 1.86 bits per heavy atom. The molecule has 124 valence electrons. The van der Waals surface area contributed by atoms with Crippen LogP contribution < -0.4 is 5.32 Å². The summed E-state index contributed by atoms with van der Waals surface area (Å²) in [7, 11) is 2.00. The number of carbonyl (C=O) groups is 2. The number of piperidine rings is 1. The Hall–Kier alpha value is -2.08. The first kappa shape index (κ1) is 24.0. The summed E-state index contributed by atoms with van der Waals surface area (Å²) in [4.78, 5) is 18.2. The molecule has 2 heterocycles. The van der Waals surface area contributed by atoms with Crippen LogP contribution in [0.15, 0.2) is 6.33 Å². The topological polar surface area (TPSA) is 212 Å². The minimum Gasteiger partial charge on any atom is -0.473 e. The molecule has 21 heavy (non-hydrogen) atoms. The molecule has 2 rings (SSSR count). The van der Waals surface area contributed by atoms with Gasteiger partial charge in [0.15, 0.2) is 0 Å². The maximum Gasteiger partial charge on any atom is 0.414 e. The van der Waals surface area contributed by atoms with Crippen molar-refractivity contribution in [2.45, 2.75) is 18.8 Å². The molecule has 1 saturated heterocycles. The Balaban J connectivity index is -0.000000320. The Labute approximate surface area is 120 Å². The second kappa shape index (κ2) is 11.7. The van der Waals surface area contributed by atoms with Crippen molar-refractivity contribution in [1.82, 2.24) is 20.1 Å². The highest BCUT2D eigenvalue weighted by Crippen LogP contribution is 2.19. The molecule has 0 saturated carbocycles. The molecule has 0 radical (unpaired) electrons. The number of aryl methyl sites for hydroxylation is 1. The molecular weight excluding hydrogens is 288 g/mol. The van der Waals surface area contributed by atoms with E-state index in [-0.39, 0.29) is 16.4 Å². The second-order valence-electron chi connectivity index (χ2n) is 3.95. The zero-order chi connectivity index (χ0) is 13.5. The minimum atomic E-state index is -1.82. The van der Waals surface area contributed by atoms with Gasteiger partial charge < -0.3 is 36.5 Å². The van der Waals surface area contributed by atoms with E-state index in [0.717, 1.165) is 18.9 Å². The number of rotatable bonds is 1. The maximum atomic E-state index is 9.10. The molecule has 0 spiro atoms. The third-order valence-corrected chi connectivity index (χ3v) is 2.59. The monoisotopic (exact) mass is 310 g/mol. The first-order chi connectivity index (χ1) is 8.52. The lowest BCUT2D eigenvalue weighted by Crippen LogP contribution is -2.29. The number of nitrogens with zero attached hydrogens (tertiary/aromatic N) is 3. The first-order valence-electron chi connectivity index (χ1n) is 5.53. The normalized spacial score (nSPS) is 16.0. The Morgan fingerprint density at radius 1 is 1.29 bits per heavy atom. The van der Waals surface area contributed by atoms with Crippen molar-refractivity contribution in [1.29, 1.82) is 0 Å². The van der Waals surface area contributed by atoms with Crippen LogP contribution in [0.3, 0.4) is 0 Å². The minimum absolute atomic E-state index is 0. The number of carboxylic acid groups (broad SMARTS) is 2. The summed E-state index contributed by atoms with van der Waals surface area (Å²) in [6, 6.07) is 0. The fraction of sp³-hybridized carbons (Fsp3) is 0.600. The molecule has 9 N–H and O–H groups in total. The van der Waals surface area contributed by atoms with Gasteiger partial charge in [-0.25, -0.2) is 9.59 Å². The highest BCUT2D eigenvalue weighted by molar-refractivity contribution is 6.27. The van der Waals surface area contributed by atoms with Crippen LogP contribution in [0.25, 0.3) is 0 Å².